The fourth-order valence-corrected chi connectivity index (χ4v) is 2.31. The SMILES string of the molecule is CCCCCCCC(O)CCCCCCCC(=O)O. The highest BCUT2D eigenvalue weighted by molar-refractivity contribution is 5.66. The van der Waals surface area contributed by atoms with E-state index in [-0.39, 0.29) is 6.10 Å². The molecule has 0 bridgehead atoms. The molecule has 0 aliphatic rings. The number of carboxylic acids is 1. The fraction of sp³-hybridized carbons (Fsp3) is 0.938. The first-order valence-corrected chi connectivity index (χ1v) is 8.06. The molecule has 0 saturated carbocycles. The van der Waals surface area contributed by atoms with Crippen LogP contribution in [0.25, 0.3) is 0 Å². The van der Waals surface area contributed by atoms with Crippen molar-refractivity contribution in [3.8, 4) is 0 Å². The summed E-state index contributed by atoms with van der Waals surface area (Å²) in [5.74, 6) is -0.696. The zero-order valence-corrected chi connectivity index (χ0v) is 12.6. The number of carboxylic acid groups (broad SMARTS) is 1. The van der Waals surface area contributed by atoms with Crippen molar-refractivity contribution in [2.45, 2.75) is 96.5 Å². The van der Waals surface area contributed by atoms with E-state index in [4.69, 9.17) is 5.11 Å². The average Bonchev–Trinajstić information content (AvgIpc) is 2.37. The van der Waals surface area contributed by atoms with Crippen molar-refractivity contribution in [2.24, 2.45) is 0 Å². The molecule has 1 unspecified atom stereocenters. The van der Waals surface area contributed by atoms with Crippen LogP contribution >= 0.6 is 0 Å². The molecule has 1 atom stereocenters. The van der Waals surface area contributed by atoms with Gasteiger partial charge in [-0.3, -0.25) is 4.79 Å². The molecule has 114 valence electrons. The number of aliphatic carboxylic acids is 1. The summed E-state index contributed by atoms with van der Waals surface area (Å²) < 4.78 is 0. The molecule has 0 amide bonds. The molecule has 0 saturated heterocycles. The summed E-state index contributed by atoms with van der Waals surface area (Å²) in [6.45, 7) is 2.21. The predicted molar refractivity (Wildman–Crippen MR) is 79.3 cm³/mol. The van der Waals surface area contributed by atoms with E-state index in [0.29, 0.717) is 6.42 Å². The maximum absolute atomic E-state index is 10.3. The van der Waals surface area contributed by atoms with Crippen molar-refractivity contribution < 1.29 is 15.0 Å². The van der Waals surface area contributed by atoms with Crippen LogP contribution in [-0.2, 0) is 4.79 Å². The van der Waals surface area contributed by atoms with Crippen LogP contribution in [0.4, 0.5) is 0 Å². The van der Waals surface area contributed by atoms with Gasteiger partial charge in [-0.1, -0.05) is 64.7 Å². The van der Waals surface area contributed by atoms with E-state index in [9.17, 15) is 9.90 Å². The van der Waals surface area contributed by atoms with Gasteiger partial charge in [0.25, 0.3) is 0 Å². The molecule has 3 nitrogen and oxygen atoms in total. The fourth-order valence-electron chi connectivity index (χ4n) is 2.31. The topological polar surface area (TPSA) is 57.5 Å². The lowest BCUT2D eigenvalue weighted by molar-refractivity contribution is -0.137. The highest BCUT2D eigenvalue weighted by atomic mass is 16.4. The first-order chi connectivity index (χ1) is 9.16. The average molecular weight is 272 g/mol. The summed E-state index contributed by atoms with van der Waals surface area (Å²) in [6.07, 6.45) is 13.4. The molecule has 0 fully saturated rings. The van der Waals surface area contributed by atoms with E-state index in [1.807, 2.05) is 0 Å². The van der Waals surface area contributed by atoms with Crippen LogP contribution in [-0.4, -0.2) is 22.3 Å². The highest BCUT2D eigenvalue weighted by Gasteiger charge is 2.03. The van der Waals surface area contributed by atoms with Crippen LogP contribution in [0.3, 0.4) is 0 Å². The summed E-state index contributed by atoms with van der Waals surface area (Å²) in [6, 6.07) is 0. The number of aliphatic hydroxyl groups is 1. The minimum absolute atomic E-state index is 0.124. The van der Waals surface area contributed by atoms with E-state index < -0.39 is 5.97 Å². The van der Waals surface area contributed by atoms with Gasteiger partial charge in [0.05, 0.1) is 6.10 Å². The Morgan fingerprint density at radius 1 is 0.842 bits per heavy atom. The van der Waals surface area contributed by atoms with Gasteiger partial charge in [-0.15, -0.1) is 0 Å². The molecule has 0 heterocycles. The smallest absolute Gasteiger partial charge is 0.303 e. The molecular weight excluding hydrogens is 240 g/mol. The van der Waals surface area contributed by atoms with Gasteiger partial charge >= 0.3 is 5.97 Å². The van der Waals surface area contributed by atoms with Gasteiger partial charge in [0.2, 0.25) is 0 Å². The Morgan fingerprint density at radius 3 is 1.84 bits per heavy atom. The molecule has 2 N–H and O–H groups in total. The Balaban J connectivity index is 3.15. The molecule has 0 aliphatic carbocycles. The molecular formula is C16H32O3. The van der Waals surface area contributed by atoms with Crippen molar-refractivity contribution in [1.82, 2.24) is 0 Å². The van der Waals surface area contributed by atoms with Crippen molar-refractivity contribution in [3.05, 3.63) is 0 Å². The molecule has 0 radical (unpaired) electrons. The van der Waals surface area contributed by atoms with Gasteiger partial charge in [0.1, 0.15) is 0 Å². The third-order valence-electron chi connectivity index (χ3n) is 3.57. The molecule has 0 aromatic carbocycles. The zero-order valence-electron chi connectivity index (χ0n) is 12.6. The number of hydrogen-bond donors (Lipinski definition) is 2. The van der Waals surface area contributed by atoms with E-state index >= 15 is 0 Å². The Hall–Kier alpha value is -0.570. The standard InChI is InChI=1S/C16H32O3/c1-2-3-4-6-9-12-15(17)13-10-7-5-8-11-14-16(18)19/h15,17H,2-14H2,1H3,(H,18,19). The third-order valence-corrected chi connectivity index (χ3v) is 3.57. The first kappa shape index (κ1) is 18.4. The van der Waals surface area contributed by atoms with Crippen LogP contribution in [0, 0.1) is 0 Å². The molecule has 0 spiro atoms. The van der Waals surface area contributed by atoms with Crippen LogP contribution in [0.1, 0.15) is 90.4 Å². The maximum atomic E-state index is 10.3. The molecule has 0 rings (SSSR count). The van der Waals surface area contributed by atoms with E-state index in [1.165, 1.54) is 25.7 Å². The highest BCUT2D eigenvalue weighted by Crippen LogP contribution is 2.13. The lowest BCUT2D eigenvalue weighted by Gasteiger charge is -2.10. The number of aliphatic hydroxyl groups excluding tert-OH is 1. The second-order valence-corrected chi connectivity index (χ2v) is 5.56. The Kier molecular flexibility index (Phi) is 13.4. The maximum Gasteiger partial charge on any atom is 0.303 e. The number of carbonyl (C=O) groups is 1. The quantitative estimate of drug-likeness (QED) is 0.457. The van der Waals surface area contributed by atoms with Gasteiger partial charge in [-0.2, -0.15) is 0 Å². The van der Waals surface area contributed by atoms with Crippen molar-refractivity contribution in [3.63, 3.8) is 0 Å². The van der Waals surface area contributed by atoms with Crippen LogP contribution in [0.2, 0.25) is 0 Å². The van der Waals surface area contributed by atoms with Gasteiger partial charge in [0, 0.05) is 6.42 Å². The number of rotatable bonds is 14. The van der Waals surface area contributed by atoms with Gasteiger partial charge in [-0.05, 0) is 19.3 Å². The Morgan fingerprint density at radius 2 is 1.32 bits per heavy atom. The molecule has 0 aromatic heterocycles. The minimum Gasteiger partial charge on any atom is -0.481 e. The third kappa shape index (κ3) is 15.4. The lowest BCUT2D eigenvalue weighted by atomic mass is 10.0. The summed E-state index contributed by atoms with van der Waals surface area (Å²) in [5.41, 5.74) is 0. The molecule has 0 aliphatic heterocycles. The van der Waals surface area contributed by atoms with Crippen LogP contribution in [0.15, 0.2) is 0 Å². The predicted octanol–water partition coefficient (Wildman–Crippen LogP) is 4.52. The second-order valence-electron chi connectivity index (χ2n) is 5.56. The molecule has 0 aromatic rings. The van der Waals surface area contributed by atoms with Gasteiger partial charge in [0.15, 0.2) is 0 Å². The van der Waals surface area contributed by atoms with Crippen molar-refractivity contribution >= 4 is 5.97 Å². The molecule has 3 heteroatoms. The summed E-state index contributed by atoms with van der Waals surface area (Å²) in [4.78, 5) is 10.3. The zero-order chi connectivity index (χ0) is 14.3. The first-order valence-electron chi connectivity index (χ1n) is 8.06. The van der Waals surface area contributed by atoms with Gasteiger partial charge in [-0.25, -0.2) is 0 Å². The number of unbranched alkanes of at least 4 members (excludes halogenated alkanes) is 8. The van der Waals surface area contributed by atoms with E-state index in [2.05, 4.69) is 6.92 Å². The minimum atomic E-state index is -0.696. The summed E-state index contributed by atoms with van der Waals surface area (Å²) >= 11 is 0. The largest absolute Gasteiger partial charge is 0.481 e. The lowest BCUT2D eigenvalue weighted by Crippen LogP contribution is -2.05. The Labute approximate surface area is 118 Å². The Bertz CT molecular complexity index is 204. The summed E-state index contributed by atoms with van der Waals surface area (Å²) in [5, 5.41) is 18.3. The van der Waals surface area contributed by atoms with Crippen LogP contribution < -0.4 is 0 Å². The normalized spacial score (nSPS) is 12.5. The monoisotopic (exact) mass is 272 g/mol. The van der Waals surface area contributed by atoms with Gasteiger partial charge < -0.3 is 10.2 Å². The second kappa shape index (κ2) is 13.9. The molecule has 19 heavy (non-hydrogen) atoms. The van der Waals surface area contributed by atoms with Crippen molar-refractivity contribution in [1.29, 1.82) is 0 Å². The van der Waals surface area contributed by atoms with Crippen molar-refractivity contribution in [2.75, 3.05) is 0 Å². The van der Waals surface area contributed by atoms with E-state index in [0.717, 1.165) is 51.4 Å². The van der Waals surface area contributed by atoms with E-state index in [1.54, 1.807) is 0 Å². The number of hydrogen-bond acceptors (Lipinski definition) is 2. The summed E-state index contributed by atoms with van der Waals surface area (Å²) in [7, 11) is 0. The van der Waals surface area contributed by atoms with Crippen LogP contribution in [0.5, 0.6) is 0 Å².